The molecule has 114 valence electrons. The van der Waals surface area contributed by atoms with E-state index in [1.807, 2.05) is 0 Å². The molecule has 0 aliphatic heterocycles. The van der Waals surface area contributed by atoms with Crippen LogP contribution in [0.3, 0.4) is 0 Å². The van der Waals surface area contributed by atoms with Gasteiger partial charge < -0.3 is 16.0 Å². The minimum Gasteiger partial charge on any atom is -0.350 e. The highest BCUT2D eigenvalue weighted by atomic mass is 35.5. The molecule has 0 saturated carbocycles. The van der Waals surface area contributed by atoms with Crippen molar-refractivity contribution in [2.24, 2.45) is 5.73 Å². The number of H-pyrrole nitrogens is 1. The van der Waals surface area contributed by atoms with Gasteiger partial charge in [0.1, 0.15) is 5.82 Å². The Bertz CT molecular complexity index is 722. The zero-order chi connectivity index (χ0) is 14.9. The number of halogens is 2. The average molecular weight is 314 g/mol. The SMILES string of the molecule is CC(C)(N)CNC(=O)c1cc(=O)[nH]c2cc(F)ccc12.Cl. The summed E-state index contributed by atoms with van der Waals surface area (Å²) >= 11 is 0. The molecule has 0 saturated heterocycles. The molecule has 0 atom stereocenters. The Hall–Kier alpha value is -1.92. The topological polar surface area (TPSA) is 88.0 Å². The number of aromatic amines is 1. The molecule has 0 aliphatic rings. The van der Waals surface area contributed by atoms with Crippen molar-refractivity contribution in [1.29, 1.82) is 0 Å². The molecule has 0 fully saturated rings. The normalized spacial score (nSPS) is 11.0. The first-order valence-electron chi connectivity index (χ1n) is 6.16. The molecule has 0 bridgehead atoms. The number of benzene rings is 1. The summed E-state index contributed by atoms with van der Waals surface area (Å²) in [6.45, 7) is 3.82. The monoisotopic (exact) mass is 313 g/mol. The van der Waals surface area contributed by atoms with E-state index in [2.05, 4.69) is 10.3 Å². The molecule has 4 N–H and O–H groups in total. The third kappa shape index (κ3) is 4.27. The van der Waals surface area contributed by atoms with Crippen LogP contribution in [-0.4, -0.2) is 23.0 Å². The van der Waals surface area contributed by atoms with Crippen LogP contribution in [0.25, 0.3) is 10.9 Å². The van der Waals surface area contributed by atoms with E-state index in [1.165, 1.54) is 24.3 Å². The molecule has 5 nitrogen and oxygen atoms in total. The first-order valence-corrected chi connectivity index (χ1v) is 6.16. The van der Waals surface area contributed by atoms with Gasteiger partial charge in [-0.3, -0.25) is 9.59 Å². The van der Waals surface area contributed by atoms with Gasteiger partial charge in [0.25, 0.3) is 5.91 Å². The quantitative estimate of drug-likeness (QED) is 0.803. The van der Waals surface area contributed by atoms with Crippen LogP contribution in [0, 0.1) is 5.82 Å². The number of nitrogens with one attached hydrogen (secondary N) is 2. The minimum absolute atomic E-state index is 0. The number of fused-ring (bicyclic) bond motifs is 1. The summed E-state index contributed by atoms with van der Waals surface area (Å²) in [5.74, 6) is -0.889. The molecule has 1 aromatic carbocycles. The number of carbonyl (C=O) groups is 1. The fourth-order valence-corrected chi connectivity index (χ4v) is 1.82. The standard InChI is InChI=1S/C14H16FN3O2.ClH/c1-14(2,16)7-17-13(20)10-6-12(19)18-11-5-8(15)3-4-9(10)11;/h3-6H,7,16H2,1-2H3,(H,17,20)(H,18,19);1H. The number of carbonyl (C=O) groups excluding carboxylic acids is 1. The van der Waals surface area contributed by atoms with Crippen molar-refractivity contribution < 1.29 is 9.18 Å². The Morgan fingerprint density at radius 1 is 1.38 bits per heavy atom. The van der Waals surface area contributed by atoms with Gasteiger partial charge in [-0.05, 0) is 32.0 Å². The van der Waals surface area contributed by atoms with E-state index in [1.54, 1.807) is 13.8 Å². The van der Waals surface area contributed by atoms with Gasteiger partial charge in [0.05, 0.1) is 11.1 Å². The number of nitrogens with two attached hydrogens (primary N) is 1. The van der Waals surface area contributed by atoms with Crippen LogP contribution >= 0.6 is 12.4 Å². The van der Waals surface area contributed by atoms with Gasteiger partial charge in [-0.25, -0.2) is 4.39 Å². The lowest BCUT2D eigenvalue weighted by Crippen LogP contribution is -2.45. The first kappa shape index (κ1) is 17.1. The Labute approximate surface area is 127 Å². The van der Waals surface area contributed by atoms with Crippen molar-refractivity contribution in [1.82, 2.24) is 10.3 Å². The number of amides is 1. The molecule has 0 spiro atoms. The summed E-state index contributed by atoms with van der Waals surface area (Å²) in [7, 11) is 0. The lowest BCUT2D eigenvalue weighted by Gasteiger charge is -2.19. The summed E-state index contributed by atoms with van der Waals surface area (Å²) in [4.78, 5) is 26.2. The summed E-state index contributed by atoms with van der Waals surface area (Å²) < 4.78 is 13.2. The van der Waals surface area contributed by atoms with Crippen LogP contribution in [-0.2, 0) is 0 Å². The van der Waals surface area contributed by atoms with E-state index >= 15 is 0 Å². The number of pyridine rings is 1. The maximum absolute atomic E-state index is 13.2. The third-order valence-electron chi connectivity index (χ3n) is 2.75. The van der Waals surface area contributed by atoms with Crippen LogP contribution in [0.5, 0.6) is 0 Å². The largest absolute Gasteiger partial charge is 0.350 e. The van der Waals surface area contributed by atoms with Crippen molar-refractivity contribution in [3.05, 3.63) is 46.0 Å². The van der Waals surface area contributed by atoms with E-state index < -0.39 is 22.8 Å². The molecule has 1 aromatic heterocycles. The predicted octanol–water partition coefficient (Wildman–Crippen LogP) is 1.56. The number of hydrogen-bond donors (Lipinski definition) is 3. The fourth-order valence-electron chi connectivity index (χ4n) is 1.82. The second kappa shape index (κ2) is 6.24. The maximum atomic E-state index is 13.2. The molecular weight excluding hydrogens is 297 g/mol. The molecule has 1 amide bonds. The van der Waals surface area contributed by atoms with Gasteiger partial charge in [0.15, 0.2) is 0 Å². The second-order valence-corrected chi connectivity index (χ2v) is 5.41. The van der Waals surface area contributed by atoms with Gasteiger partial charge in [-0.1, -0.05) is 0 Å². The highest BCUT2D eigenvalue weighted by molar-refractivity contribution is 6.05. The Kier molecular flexibility index (Phi) is 5.09. The van der Waals surface area contributed by atoms with Gasteiger partial charge in [0, 0.05) is 23.5 Å². The summed E-state index contributed by atoms with van der Waals surface area (Å²) in [5.41, 5.74) is 5.27. The van der Waals surface area contributed by atoms with Crippen LogP contribution < -0.4 is 16.6 Å². The zero-order valence-electron chi connectivity index (χ0n) is 11.7. The van der Waals surface area contributed by atoms with Crippen LogP contribution in [0.15, 0.2) is 29.1 Å². The Balaban J connectivity index is 0.00000220. The molecule has 2 aromatic rings. The average Bonchev–Trinajstić information content (AvgIpc) is 2.33. The Morgan fingerprint density at radius 3 is 2.67 bits per heavy atom. The van der Waals surface area contributed by atoms with Crippen molar-refractivity contribution in [2.45, 2.75) is 19.4 Å². The van der Waals surface area contributed by atoms with Crippen molar-refractivity contribution >= 4 is 29.2 Å². The molecule has 2 rings (SSSR count). The number of aromatic nitrogens is 1. The van der Waals surface area contributed by atoms with Gasteiger partial charge in [-0.15, -0.1) is 12.4 Å². The zero-order valence-corrected chi connectivity index (χ0v) is 12.5. The molecule has 1 heterocycles. The highest BCUT2D eigenvalue weighted by Gasteiger charge is 2.16. The number of rotatable bonds is 3. The molecular formula is C14H17ClFN3O2. The van der Waals surface area contributed by atoms with Gasteiger partial charge >= 0.3 is 0 Å². The van der Waals surface area contributed by atoms with E-state index in [0.29, 0.717) is 5.39 Å². The van der Waals surface area contributed by atoms with Crippen LogP contribution in [0.1, 0.15) is 24.2 Å². The highest BCUT2D eigenvalue weighted by Crippen LogP contribution is 2.16. The Morgan fingerprint density at radius 2 is 2.05 bits per heavy atom. The van der Waals surface area contributed by atoms with Crippen LogP contribution in [0.4, 0.5) is 4.39 Å². The molecule has 0 unspecified atom stereocenters. The second-order valence-electron chi connectivity index (χ2n) is 5.41. The molecule has 7 heteroatoms. The van der Waals surface area contributed by atoms with E-state index in [0.717, 1.165) is 0 Å². The molecule has 0 radical (unpaired) electrons. The lowest BCUT2D eigenvalue weighted by molar-refractivity contribution is 0.0947. The lowest BCUT2D eigenvalue weighted by atomic mass is 10.1. The summed E-state index contributed by atoms with van der Waals surface area (Å²) in [6, 6.07) is 5.08. The molecule has 21 heavy (non-hydrogen) atoms. The van der Waals surface area contributed by atoms with Gasteiger partial charge in [-0.2, -0.15) is 0 Å². The third-order valence-corrected chi connectivity index (χ3v) is 2.75. The number of hydrogen-bond acceptors (Lipinski definition) is 3. The molecule has 0 aliphatic carbocycles. The first-order chi connectivity index (χ1) is 9.26. The van der Waals surface area contributed by atoms with Crippen LogP contribution in [0.2, 0.25) is 0 Å². The van der Waals surface area contributed by atoms with Crippen molar-refractivity contribution in [2.75, 3.05) is 6.54 Å². The maximum Gasteiger partial charge on any atom is 0.252 e. The van der Waals surface area contributed by atoms with Crippen molar-refractivity contribution in [3.63, 3.8) is 0 Å². The smallest absolute Gasteiger partial charge is 0.252 e. The fraction of sp³-hybridized carbons (Fsp3) is 0.286. The summed E-state index contributed by atoms with van der Waals surface area (Å²) in [5, 5.41) is 3.15. The summed E-state index contributed by atoms with van der Waals surface area (Å²) in [6.07, 6.45) is 0. The van der Waals surface area contributed by atoms with E-state index in [9.17, 15) is 14.0 Å². The van der Waals surface area contributed by atoms with Crippen molar-refractivity contribution in [3.8, 4) is 0 Å². The van der Waals surface area contributed by atoms with E-state index in [4.69, 9.17) is 5.73 Å². The van der Waals surface area contributed by atoms with Gasteiger partial charge in [0.2, 0.25) is 5.56 Å². The minimum atomic E-state index is -0.557. The van der Waals surface area contributed by atoms with E-state index in [-0.39, 0.29) is 30.0 Å². The predicted molar refractivity (Wildman–Crippen MR) is 82.4 cm³/mol.